The van der Waals surface area contributed by atoms with Crippen LogP contribution in [0.5, 0.6) is 0 Å². The third kappa shape index (κ3) is 2.84. The summed E-state index contributed by atoms with van der Waals surface area (Å²) < 4.78 is 22.8. The van der Waals surface area contributed by atoms with Crippen molar-refractivity contribution in [2.45, 2.75) is 4.90 Å². The number of imide groups is 1. The number of rotatable bonds is 2. The topological polar surface area (TPSA) is 110 Å². The molecule has 1 aromatic rings. The van der Waals surface area contributed by atoms with E-state index in [2.05, 4.69) is 5.32 Å². The number of nitrogens with zero attached hydrogens (tertiary/aromatic N) is 1. The third-order valence-corrected chi connectivity index (χ3v) is 3.83. The maximum atomic E-state index is 11.4. The molecule has 1 heterocycles. The molecule has 0 bridgehead atoms. The maximum Gasteiger partial charge on any atom is 0.246 e. The Morgan fingerprint density at radius 2 is 1.79 bits per heavy atom. The molecule has 1 aliphatic heterocycles. The fourth-order valence-electron chi connectivity index (χ4n) is 1.86. The molecule has 19 heavy (non-hydrogen) atoms. The molecular formula is C11H13N3O4S. The van der Waals surface area contributed by atoms with Crippen molar-refractivity contribution in [2.75, 3.05) is 30.0 Å². The molecule has 0 radical (unpaired) electrons. The van der Waals surface area contributed by atoms with Crippen LogP contribution in [0.2, 0.25) is 0 Å². The van der Waals surface area contributed by atoms with Gasteiger partial charge in [-0.2, -0.15) is 0 Å². The van der Waals surface area contributed by atoms with Gasteiger partial charge in [-0.25, -0.2) is 8.42 Å². The molecule has 0 saturated carbocycles. The number of sulfone groups is 1. The first-order chi connectivity index (χ1) is 8.77. The molecule has 1 saturated heterocycles. The smallest absolute Gasteiger partial charge is 0.246 e. The number of benzene rings is 1. The van der Waals surface area contributed by atoms with Gasteiger partial charge in [-0.1, -0.05) is 0 Å². The number of amides is 2. The molecule has 8 heteroatoms. The summed E-state index contributed by atoms with van der Waals surface area (Å²) >= 11 is 0. The molecule has 0 unspecified atom stereocenters. The van der Waals surface area contributed by atoms with Crippen LogP contribution in [-0.4, -0.2) is 39.6 Å². The lowest BCUT2D eigenvalue weighted by atomic mass is 10.2. The van der Waals surface area contributed by atoms with E-state index in [1.54, 1.807) is 0 Å². The van der Waals surface area contributed by atoms with Crippen LogP contribution >= 0.6 is 0 Å². The molecule has 0 spiro atoms. The van der Waals surface area contributed by atoms with E-state index in [1.807, 2.05) is 0 Å². The third-order valence-electron chi connectivity index (χ3n) is 2.72. The summed E-state index contributed by atoms with van der Waals surface area (Å²) in [5.41, 5.74) is 6.47. The average Bonchev–Trinajstić information content (AvgIpc) is 2.26. The number of piperazine rings is 1. The van der Waals surface area contributed by atoms with Crippen molar-refractivity contribution in [2.24, 2.45) is 0 Å². The number of nitrogens with two attached hydrogens (primary N) is 1. The van der Waals surface area contributed by atoms with Gasteiger partial charge < -0.3 is 10.6 Å². The second kappa shape index (κ2) is 4.54. The van der Waals surface area contributed by atoms with Gasteiger partial charge in [0.1, 0.15) is 0 Å². The Balaban J connectivity index is 2.36. The number of hydrogen-bond acceptors (Lipinski definition) is 6. The van der Waals surface area contributed by atoms with Crippen molar-refractivity contribution in [3.05, 3.63) is 18.2 Å². The van der Waals surface area contributed by atoms with Gasteiger partial charge in [0.2, 0.25) is 11.8 Å². The van der Waals surface area contributed by atoms with E-state index in [-0.39, 0.29) is 23.7 Å². The van der Waals surface area contributed by atoms with Gasteiger partial charge in [0.25, 0.3) is 0 Å². The van der Waals surface area contributed by atoms with Gasteiger partial charge in [-0.3, -0.25) is 14.9 Å². The number of nitrogens with one attached hydrogen (secondary N) is 1. The molecule has 2 rings (SSSR count). The van der Waals surface area contributed by atoms with Gasteiger partial charge in [-0.15, -0.1) is 0 Å². The van der Waals surface area contributed by atoms with Crippen LogP contribution in [0.25, 0.3) is 0 Å². The summed E-state index contributed by atoms with van der Waals surface area (Å²) in [6.07, 6.45) is 1.08. The van der Waals surface area contributed by atoms with Gasteiger partial charge >= 0.3 is 0 Å². The molecule has 1 aliphatic rings. The molecule has 1 fully saturated rings. The molecule has 0 aliphatic carbocycles. The van der Waals surface area contributed by atoms with E-state index in [9.17, 15) is 18.0 Å². The van der Waals surface area contributed by atoms with Crippen LogP contribution in [0, 0.1) is 0 Å². The predicted octanol–water partition coefficient (Wildman–Crippen LogP) is -0.865. The average molecular weight is 283 g/mol. The van der Waals surface area contributed by atoms with Crippen LogP contribution < -0.4 is 16.0 Å². The maximum absolute atomic E-state index is 11.4. The molecule has 7 nitrogen and oxygen atoms in total. The SMILES string of the molecule is CS(=O)(=O)c1ccc(N2CC(=O)NC(=O)C2)c(N)c1. The Morgan fingerprint density at radius 1 is 1.21 bits per heavy atom. The summed E-state index contributed by atoms with van der Waals surface area (Å²) in [5.74, 6) is -0.828. The minimum absolute atomic E-state index is 0.00810. The van der Waals surface area contributed by atoms with Crippen molar-refractivity contribution in [1.29, 1.82) is 0 Å². The lowest BCUT2D eigenvalue weighted by Gasteiger charge is -2.28. The van der Waals surface area contributed by atoms with Crippen molar-refractivity contribution >= 4 is 33.0 Å². The van der Waals surface area contributed by atoms with Gasteiger partial charge in [-0.05, 0) is 18.2 Å². The monoisotopic (exact) mass is 283 g/mol. The minimum atomic E-state index is -3.34. The number of hydrogen-bond donors (Lipinski definition) is 2. The van der Waals surface area contributed by atoms with E-state index in [1.165, 1.54) is 23.1 Å². The molecular weight excluding hydrogens is 270 g/mol. The second-order valence-electron chi connectivity index (χ2n) is 4.32. The van der Waals surface area contributed by atoms with E-state index in [4.69, 9.17) is 5.73 Å². The fraction of sp³-hybridized carbons (Fsp3) is 0.273. The minimum Gasteiger partial charge on any atom is -0.397 e. The zero-order chi connectivity index (χ0) is 14.2. The first-order valence-corrected chi connectivity index (χ1v) is 7.34. The predicted molar refractivity (Wildman–Crippen MR) is 69.3 cm³/mol. The van der Waals surface area contributed by atoms with Gasteiger partial charge in [0, 0.05) is 6.26 Å². The molecule has 102 valence electrons. The van der Waals surface area contributed by atoms with Crippen LogP contribution in [0.15, 0.2) is 23.1 Å². The Kier molecular flexibility index (Phi) is 3.19. The van der Waals surface area contributed by atoms with Gasteiger partial charge in [0.05, 0.1) is 29.4 Å². The highest BCUT2D eigenvalue weighted by atomic mass is 32.2. The summed E-state index contributed by atoms with van der Waals surface area (Å²) in [6.45, 7) is 0.0162. The van der Waals surface area contributed by atoms with Crippen molar-refractivity contribution in [3.63, 3.8) is 0 Å². The Hall–Kier alpha value is -2.09. The quantitative estimate of drug-likeness (QED) is 0.539. The summed E-state index contributed by atoms with van der Waals surface area (Å²) in [4.78, 5) is 24.2. The lowest BCUT2D eigenvalue weighted by Crippen LogP contribution is -2.51. The molecule has 2 amide bonds. The fourth-order valence-corrected chi connectivity index (χ4v) is 2.52. The van der Waals surface area contributed by atoms with Crippen LogP contribution in [-0.2, 0) is 19.4 Å². The Labute approximate surface area is 110 Å². The second-order valence-corrected chi connectivity index (χ2v) is 6.34. The number of carbonyl (C=O) groups is 2. The van der Waals surface area contributed by atoms with Crippen LogP contribution in [0.3, 0.4) is 0 Å². The van der Waals surface area contributed by atoms with E-state index >= 15 is 0 Å². The Bertz CT molecular complexity index is 638. The van der Waals surface area contributed by atoms with Crippen molar-refractivity contribution < 1.29 is 18.0 Å². The molecule has 0 atom stereocenters. The number of anilines is 2. The van der Waals surface area contributed by atoms with Crippen LogP contribution in [0.4, 0.5) is 11.4 Å². The first-order valence-electron chi connectivity index (χ1n) is 5.44. The zero-order valence-electron chi connectivity index (χ0n) is 10.2. The summed E-state index contributed by atoms with van der Waals surface area (Å²) in [6, 6.07) is 4.22. The van der Waals surface area contributed by atoms with Crippen molar-refractivity contribution in [1.82, 2.24) is 5.32 Å². The molecule has 3 N–H and O–H groups in total. The highest BCUT2D eigenvalue weighted by Gasteiger charge is 2.24. The van der Waals surface area contributed by atoms with Gasteiger partial charge in [0.15, 0.2) is 9.84 Å². The van der Waals surface area contributed by atoms with E-state index in [0.29, 0.717) is 5.69 Å². The first kappa shape index (κ1) is 13.3. The largest absolute Gasteiger partial charge is 0.397 e. The Morgan fingerprint density at radius 3 is 2.26 bits per heavy atom. The highest BCUT2D eigenvalue weighted by Crippen LogP contribution is 2.26. The number of nitrogen functional groups attached to an aromatic ring is 1. The number of carbonyl (C=O) groups excluding carboxylic acids is 2. The summed E-state index contributed by atoms with van der Waals surface area (Å²) in [7, 11) is -3.34. The van der Waals surface area contributed by atoms with Crippen LogP contribution in [0.1, 0.15) is 0 Å². The standard InChI is InChI=1S/C11H13N3O4S/c1-19(17,18)7-2-3-9(8(12)4-7)14-5-10(15)13-11(16)6-14/h2-4H,5-6,12H2,1H3,(H,13,15,16). The highest BCUT2D eigenvalue weighted by molar-refractivity contribution is 7.90. The lowest BCUT2D eigenvalue weighted by molar-refractivity contribution is -0.130. The molecule has 0 aromatic heterocycles. The summed E-state index contributed by atoms with van der Waals surface area (Å²) in [5, 5.41) is 2.18. The normalized spacial score (nSPS) is 16.4. The van der Waals surface area contributed by atoms with Crippen molar-refractivity contribution in [3.8, 4) is 0 Å². The van der Waals surface area contributed by atoms with E-state index in [0.717, 1.165) is 6.26 Å². The molecule has 1 aromatic carbocycles. The van der Waals surface area contributed by atoms with E-state index < -0.39 is 21.7 Å². The zero-order valence-corrected chi connectivity index (χ0v) is 11.0.